The highest BCUT2D eigenvalue weighted by Crippen LogP contribution is 2.70. The lowest BCUT2D eigenvalue weighted by Crippen LogP contribution is -2.54. The summed E-state index contributed by atoms with van der Waals surface area (Å²) in [5.74, 6) is 5.13. The Balaban J connectivity index is 1.32. The van der Waals surface area contributed by atoms with E-state index < -0.39 is 0 Å². The van der Waals surface area contributed by atoms with E-state index in [1.165, 1.54) is 38.5 Å². The molecule has 2 N–H and O–H groups in total. The summed E-state index contributed by atoms with van der Waals surface area (Å²) in [4.78, 5) is 0. The van der Waals surface area contributed by atoms with Crippen LogP contribution < -0.4 is 0 Å². The predicted octanol–water partition coefficient (Wildman–Crippen LogP) is 5.43. The van der Waals surface area contributed by atoms with Gasteiger partial charge in [0.25, 0.3) is 0 Å². The molecular weight excluding hydrogens is 372 g/mol. The lowest BCUT2D eigenvalue weighted by Gasteiger charge is -2.61. The molecule has 5 aliphatic rings. The van der Waals surface area contributed by atoms with Gasteiger partial charge in [0.15, 0.2) is 0 Å². The normalized spacial score (nSPS) is 56.0. The second kappa shape index (κ2) is 7.73. The third-order valence-corrected chi connectivity index (χ3v) is 11.5. The fraction of sp³-hybridized carbons (Fsp3) is 1.00. The molecular formula is C27H46O3. The first kappa shape index (κ1) is 21.7. The van der Waals surface area contributed by atoms with Crippen LogP contribution in [0.3, 0.4) is 0 Å². The van der Waals surface area contributed by atoms with Crippen molar-refractivity contribution >= 4 is 0 Å². The van der Waals surface area contributed by atoms with Crippen LogP contribution in [0.4, 0.5) is 0 Å². The van der Waals surface area contributed by atoms with E-state index in [4.69, 9.17) is 4.74 Å². The van der Waals surface area contributed by atoms with Gasteiger partial charge in [0.05, 0.1) is 18.3 Å². The van der Waals surface area contributed by atoms with Gasteiger partial charge in [-0.25, -0.2) is 0 Å². The highest BCUT2D eigenvalue weighted by molar-refractivity contribution is 5.14. The Morgan fingerprint density at radius 1 is 1.00 bits per heavy atom. The summed E-state index contributed by atoms with van der Waals surface area (Å²) in [6.07, 6.45) is 13.2. The smallest absolute Gasteiger partial charge is 0.0618 e. The zero-order valence-corrected chi connectivity index (χ0v) is 19.9. The van der Waals surface area contributed by atoms with Crippen molar-refractivity contribution in [2.24, 2.45) is 52.3 Å². The first-order chi connectivity index (χ1) is 14.3. The molecule has 0 aromatic rings. The second-order valence-corrected chi connectivity index (χ2v) is 12.8. The van der Waals surface area contributed by atoms with Crippen molar-refractivity contribution in [2.45, 2.75) is 110 Å². The molecule has 172 valence electrons. The van der Waals surface area contributed by atoms with Crippen molar-refractivity contribution in [1.29, 1.82) is 0 Å². The average molecular weight is 419 g/mol. The molecule has 0 aromatic carbocycles. The summed E-state index contributed by atoms with van der Waals surface area (Å²) in [6, 6.07) is 0. The Bertz CT molecular complexity index is 636. The quantitative estimate of drug-likeness (QED) is 0.640. The predicted molar refractivity (Wildman–Crippen MR) is 120 cm³/mol. The van der Waals surface area contributed by atoms with Crippen LogP contribution in [0, 0.1) is 52.3 Å². The van der Waals surface area contributed by atoms with Gasteiger partial charge in [-0.05, 0) is 116 Å². The average Bonchev–Trinajstić information content (AvgIpc) is 3.20. The summed E-state index contributed by atoms with van der Waals surface area (Å²) >= 11 is 0. The van der Waals surface area contributed by atoms with Crippen LogP contribution in [0.25, 0.3) is 0 Å². The maximum Gasteiger partial charge on any atom is 0.0618 e. The molecule has 30 heavy (non-hydrogen) atoms. The Labute approximate surface area is 184 Å². The molecule has 4 aliphatic carbocycles. The van der Waals surface area contributed by atoms with E-state index in [9.17, 15) is 10.2 Å². The number of hydrogen-bond donors (Lipinski definition) is 2. The van der Waals surface area contributed by atoms with Gasteiger partial charge >= 0.3 is 0 Å². The Hall–Kier alpha value is -0.120. The molecule has 0 unspecified atom stereocenters. The number of rotatable bonds is 4. The largest absolute Gasteiger partial charge is 0.396 e. The van der Waals surface area contributed by atoms with Gasteiger partial charge in [0, 0.05) is 6.61 Å². The number of aliphatic hydroxyl groups is 2. The van der Waals surface area contributed by atoms with E-state index in [0.717, 1.165) is 55.3 Å². The minimum absolute atomic E-state index is 0.0425. The first-order valence-corrected chi connectivity index (χ1v) is 13.2. The third-order valence-electron chi connectivity index (χ3n) is 11.5. The summed E-state index contributed by atoms with van der Waals surface area (Å²) in [5, 5.41) is 19.7. The van der Waals surface area contributed by atoms with Crippen LogP contribution in [0.15, 0.2) is 0 Å². The van der Waals surface area contributed by atoms with Crippen LogP contribution in [-0.4, -0.2) is 35.1 Å². The molecule has 5 fully saturated rings. The molecule has 0 spiro atoms. The van der Waals surface area contributed by atoms with Gasteiger partial charge in [0.2, 0.25) is 0 Å². The van der Waals surface area contributed by atoms with Crippen molar-refractivity contribution in [3.8, 4) is 0 Å². The topological polar surface area (TPSA) is 49.7 Å². The van der Waals surface area contributed by atoms with Crippen LogP contribution in [0.2, 0.25) is 0 Å². The lowest BCUT2D eigenvalue weighted by molar-refractivity contribution is -0.130. The summed E-state index contributed by atoms with van der Waals surface area (Å²) < 4.78 is 6.76. The van der Waals surface area contributed by atoms with Crippen molar-refractivity contribution in [3.63, 3.8) is 0 Å². The van der Waals surface area contributed by atoms with E-state index in [-0.39, 0.29) is 6.10 Å². The summed E-state index contributed by atoms with van der Waals surface area (Å²) in [5.41, 5.74) is 0.927. The van der Waals surface area contributed by atoms with Gasteiger partial charge in [-0.2, -0.15) is 0 Å². The van der Waals surface area contributed by atoms with Crippen LogP contribution in [-0.2, 0) is 4.74 Å². The standard InChI is InChI=1S/C27H46O3/c1-16(15-28)5-8-23-17(2)25-24(30-23)14-22-20-7-6-18-13-19(29)9-11-26(18,3)21(20)10-12-27(22,25)4/h16-25,28-29H,5-15H2,1-4H3/t16-,17-,18+,19+,20-,21+,22+,23+,24+,25+,26+,27+/m1/s1. The fourth-order valence-electron chi connectivity index (χ4n) is 9.79. The third kappa shape index (κ3) is 3.16. The Morgan fingerprint density at radius 3 is 2.53 bits per heavy atom. The number of aliphatic hydroxyl groups excluding tert-OH is 2. The van der Waals surface area contributed by atoms with Gasteiger partial charge in [-0.15, -0.1) is 0 Å². The zero-order valence-electron chi connectivity index (χ0n) is 19.9. The van der Waals surface area contributed by atoms with Crippen molar-refractivity contribution in [3.05, 3.63) is 0 Å². The van der Waals surface area contributed by atoms with Gasteiger partial charge in [-0.3, -0.25) is 0 Å². The van der Waals surface area contributed by atoms with E-state index >= 15 is 0 Å². The fourth-order valence-corrected chi connectivity index (χ4v) is 9.79. The molecule has 5 rings (SSSR count). The molecule has 0 amide bonds. The number of ether oxygens (including phenoxy) is 1. The summed E-state index contributed by atoms with van der Waals surface area (Å²) in [6.45, 7) is 10.2. The van der Waals surface area contributed by atoms with Crippen LogP contribution in [0.5, 0.6) is 0 Å². The maximum absolute atomic E-state index is 10.3. The number of fused-ring (bicyclic) bond motifs is 7. The van der Waals surface area contributed by atoms with Crippen molar-refractivity contribution in [2.75, 3.05) is 6.61 Å². The highest BCUT2D eigenvalue weighted by atomic mass is 16.5. The van der Waals surface area contributed by atoms with E-state index in [1.54, 1.807) is 0 Å². The van der Waals surface area contributed by atoms with Crippen LogP contribution >= 0.6 is 0 Å². The molecule has 0 aromatic heterocycles. The monoisotopic (exact) mass is 418 g/mol. The molecule has 1 heterocycles. The first-order valence-electron chi connectivity index (χ1n) is 13.2. The minimum Gasteiger partial charge on any atom is -0.396 e. The molecule has 12 atom stereocenters. The lowest BCUT2D eigenvalue weighted by atomic mass is 9.44. The highest BCUT2D eigenvalue weighted by Gasteiger charge is 2.65. The second-order valence-electron chi connectivity index (χ2n) is 12.8. The van der Waals surface area contributed by atoms with Gasteiger partial charge < -0.3 is 14.9 Å². The Kier molecular flexibility index (Phi) is 5.60. The summed E-state index contributed by atoms with van der Waals surface area (Å²) in [7, 11) is 0. The maximum atomic E-state index is 10.3. The molecule has 0 radical (unpaired) electrons. The SMILES string of the molecule is C[C@@H](CO)CC[C@@H]1O[C@H]2C[C@H]3[C@@H]4CC[C@H]5C[C@@H](O)CC[C@]5(C)[C@H]4CC[C@]3(C)[C@H]2[C@@H]1C. The molecule has 1 aliphatic heterocycles. The molecule has 1 saturated heterocycles. The van der Waals surface area contributed by atoms with Crippen LogP contribution in [0.1, 0.15) is 91.9 Å². The van der Waals surface area contributed by atoms with E-state index in [2.05, 4.69) is 27.7 Å². The van der Waals surface area contributed by atoms with E-state index in [1.807, 2.05) is 0 Å². The molecule has 4 saturated carbocycles. The number of hydrogen-bond acceptors (Lipinski definition) is 3. The molecule has 3 nitrogen and oxygen atoms in total. The van der Waals surface area contributed by atoms with Crippen molar-refractivity contribution in [1.82, 2.24) is 0 Å². The zero-order chi connectivity index (χ0) is 21.3. The molecule has 3 heteroatoms. The molecule has 0 bridgehead atoms. The van der Waals surface area contributed by atoms with Gasteiger partial charge in [-0.1, -0.05) is 27.7 Å². The van der Waals surface area contributed by atoms with Crippen molar-refractivity contribution < 1.29 is 14.9 Å². The van der Waals surface area contributed by atoms with E-state index in [0.29, 0.717) is 41.5 Å². The minimum atomic E-state index is -0.0425. The van der Waals surface area contributed by atoms with Gasteiger partial charge in [0.1, 0.15) is 0 Å². The Morgan fingerprint density at radius 2 is 1.77 bits per heavy atom.